The second kappa shape index (κ2) is 6.71. The van der Waals surface area contributed by atoms with Crippen molar-refractivity contribution in [2.75, 3.05) is 6.54 Å². The molecular formula is C16H24N2O. The lowest BCUT2D eigenvalue weighted by Gasteiger charge is -2.15. The summed E-state index contributed by atoms with van der Waals surface area (Å²) < 4.78 is 0. The molecule has 1 aromatic carbocycles. The molecule has 1 fully saturated rings. The lowest BCUT2D eigenvalue weighted by atomic mass is 10.0. The summed E-state index contributed by atoms with van der Waals surface area (Å²) in [7, 11) is 0. The summed E-state index contributed by atoms with van der Waals surface area (Å²) in [6.07, 6.45) is 4.19. The number of hydrogen-bond donors (Lipinski definition) is 2. The van der Waals surface area contributed by atoms with E-state index in [1.165, 1.54) is 18.4 Å². The Bertz CT molecular complexity index is 400. The average molecular weight is 260 g/mol. The van der Waals surface area contributed by atoms with Crippen LogP contribution >= 0.6 is 0 Å². The van der Waals surface area contributed by atoms with E-state index in [2.05, 4.69) is 24.4 Å². The Kier molecular flexibility index (Phi) is 4.97. The summed E-state index contributed by atoms with van der Waals surface area (Å²) in [5, 5.41) is 2.98. The number of nitrogens with two attached hydrogens (primary N) is 1. The fourth-order valence-corrected chi connectivity index (χ4v) is 2.32. The molecule has 19 heavy (non-hydrogen) atoms. The van der Waals surface area contributed by atoms with Crippen molar-refractivity contribution in [1.82, 2.24) is 5.32 Å². The van der Waals surface area contributed by atoms with Crippen LogP contribution in [0.4, 0.5) is 0 Å². The van der Waals surface area contributed by atoms with E-state index in [1.54, 1.807) is 0 Å². The van der Waals surface area contributed by atoms with E-state index in [9.17, 15) is 4.79 Å². The zero-order chi connectivity index (χ0) is 13.7. The summed E-state index contributed by atoms with van der Waals surface area (Å²) in [6, 6.07) is 9.76. The van der Waals surface area contributed by atoms with E-state index in [-0.39, 0.29) is 5.91 Å². The zero-order valence-electron chi connectivity index (χ0n) is 11.6. The van der Waals surface area contributed by atoms with Gasteiger partial charge in [-0.15, -0.1) is 0 Å². The lowest BCUT2D eigenvalue weighted by Crippen LogP contribution is -2.42. The van der Waals surface area contributed by atoms with Gasteiger partial charge in [0.15, 0.2) is 0 Å². The van der Waals surface area contributed by atoms with E-state index in [0.717, 1.165) is 18.9 Å². The Morgan fingerprint density at radius 2 is 2.05 bits per heavy atom. The highest BCUT2D eigenvalue weighted by Crippen LogP contribution is 2.36. The molecule has 1 aliphatic carbocycles. The van der Waals surface area contributed by atoms with Gasteiger partial charge in [-0.05, 0) is 43.1 Å². The summed E-state index contributed by atoms with van der Waals surface area (Å²) in [5.74, 6) is 1.40. The van der Waals surface area contributed by atoms with Gasteiger partial charge in [-0.25, -0.2) is 0 Å². The van der Waals surface area contributed by atoms with E-state index < -0.39 is 6.04 Å². The van der Waals surface area contributed by atoms with Gasteiger partial charge in [0.2, 0.25) is 5.91 Å². The van der Waals surface area contributed by atoms with Gasteiger partial charge in [0.25, 0.3) is 0 Å². The Balaban J connectivity index is 1.67. The Morgan fingerprint density at radius 3 is 2.68 bits per heavy atom. The van der Waals surface area contributed by atoms with Gasteiger partial charge < -0.3 is 11.1 Å². The smallest absolute Gasteiger partial charge is 0.236 e. The maximum Gasteiger partial charge on any atom is 0.236 e. The first-order chi connectivity index (χ1) is 9.16. The molecule has 0 saturated heterocycles. The highest BCUT2D eigenvalue weighted by Gasteiger charge is 2.28. The average Bonchev–Trinajstić information content (AvgIpc) is 3.27. The molecule has 2 atom stereocenters. The first kappa shape index (κ1) is 14.1. The third-order valence-electron chi connectivity index (χ3n) is 3.95. The molecule has 2 rings (SSSR count). The van der Waals surface area contributed by atoms with Crippen molar-refractivity contribution in [3.05, 3.63) is 35.9 Å². The van der Waals surface area contributed by atoms with Crippen LogP contribution in [-0.4, -0.2) is 18.5 Å². The summed E-state index contributed by atoms with van der Waals surface area (Å²) >= 11 is 0. The fraction of sp³-hybridized carbons (Fsp3) is 0.562. The third kappa shape index (κ3) is 4.67. The van der Waals surface area contributed by atoms with Crippen LogP contribution in [0.5, 0.6) is 0 Å². The predicted molar refractivity (Wildman–Crippen MR) is 77.6 cm³/mol. The second-order valence-corrected chi connectivity index (χ2v) is 5.69. The van der Waals surface area contributed by atoms with Gasteiger partial charge >= 0.3 is 0 Å². The van der Waals surface area contributed by atoms with Crippen LogP contribution in [0, 0.1) is 11.8 Å². The van der Waals surface area contributed by atoms with Gasteiger partial charge in [-0.3, -0.25) is 4.79 Å². The zero-order valence-corrected chi connectivity index (χ0v) is 11.6. The summed E-state index contributed by atoms with van der Waals surface area (Å²) in [4.78, 5) is 11.9. The van der Waals surface area contributed by atoms with Crippen LogP contribution in [0.3, 0.4) is 0 Å². The molecule has 0 spiro atoms. The molecule has 1 saturated carbocycles. The van der Waals surface area contributed by atoms with Gasteiger partial charge in [-0.2, -0.15) is 0 Å². The standard InChI is InChI=1S/C16H24N2O/c1-12(14-8-9-14)11-18-16(19)15(17)10-7-13-5-3-2-4-6-13/h2-6,12,14-15H,7-11,17H2,1H3,(H,18,19)/t12?,15-/m0/s1. The molecule has 3 nitrogen and oxygen atoms in total. The molecule has 3 N–H and O–H groups in total. The predicted octanol–water partition coefficient (Wildman–Crippen LogP) is 2.11. The Labute approximate surface area is 115 Å². The van der Waals surface area contributed by atoms with Crippen molar-refractivity contribution in [3.63, 3.8) is 0 Å². The van der Waals surface area contributed by atoms with Gasteiger partial charge in [0, 0.05) is 6.54 Å². The molecule has 0 radical (unpaired) electrons. The highest BCUT2D eigenvalue weighted by molar-refractivity contribution is 5.81. The molecule has 0 bridgehead atoms. The molecule has 0 aliphatic heterocycles. The second-order valence-electron chi connectivity index (χ2n) is 5.69. The molecule has 0 heterocycles. The Hall–Kier alpha value is -1.35. The first-order valence-electron chi connectivity index (χ1n) is 7.24. The normalized spacial score (nSPS) is 17.8. The number of amides is 1. The minimum Gasteiger partial charge on any atom is -0.354 e. The van der Waals surface area contributed by atoms with Crippen molar-refractivity contribution >= 4 is 5.91 Å². The number of carbonyl (C=O) groups excluding carboxylic acids is 1. The van der Waals surface area contributed by atoms with Crippen LogP contribution in [0.2, 0.25) is 0 Å². The van der Waals surface area contributed by atoms with Crippen molar-refractivity contribution in [2.45, 2.75) is 38.6 Å². The number of hydrogen-bond acceptors (Lipinski definition) is 2. The summed E-state index contributed by atoms with van der Waals surface area (Å²) in [5.41, 5.74) is 7.16. The highest BCUT2D eigenvalue weighted by atomic mass is 16.2. The van der Waals surface area contributed by atoms with E-state index >= 15 is 0 Å². The quantitative estimate of drug-likeness (QED) is 0.789. The van der Waals surface area contributed by atoms with Crippen LogP contribution in [-0.2, 0) is 11.2 Å². The minimum atomic E-state index is -0.397. The van der Waals surface area contributed by atoms with Crippen molar-refractivity contribution < 1.29 is 4.79 Å². The SMILES string of the molecule is CC(CNC(=O)[C@@H](N)CCc1ccccc1)C1CC1. The van der Waals surface area contributed by atoms with E-state index in [0.29, 0.717) is 12.3 Å². The lowest BCUT2D eigenvalue weighted by molar-refractivity contribution is -0.122. The number of benzene rings is 1. The molecular weight excluding hydrogens is 236 g/mol. The maximum absolute atomic E-state index is 11.9. The minimum absolute atomic E-state index is 0.0107. The van der Waals surface area contributed by atoms with Gasteiger partial charge in [0.1, 0.15) is 0 Å². The summed E-state index contributed by atoms with van der Waals surface area (Å²) in [6.45, 7) is 2.97. The van der Waals surface area contributed by atoms with Crippen molar-refractivity contribution in [2.24, 2.45) is 17.6 Å². The maximum atomic E-state index is 11.9. The largest absolute Gasteiger partial charge is 0.354 e. The number of aryl methyl sites for hydroxylation is 1. The molecule has 1 unspecified atom stereocenters. The van der Waals surface area contributed by atoms with Crippen LogP contribution in [0.1, 0.15) is 31.7 Å². The van der Waals surface area contributed by atoms with Crippen molar-refractivity contribution in [1.29, 1.82) is 0 Å². The Morgan fingerprint density at radius 1 is 1.37 bits per heavy atom. The van der Waals surface area contributed by atoms with Gasteiger partial charge in [0.05, 0.1) is 6.04 Å². The molecule has 1 aliphatic rings. The molecule has 3 heteroatoms. The number of carbonyl (C=O) groups is 1. The molecule has 0 aromatic heterocycles. The van der Waals surface area contributed by atoms with Crippen LogP contribution < -0.4 is 11.1 Å². The fourth-order valence-electron chi connectivity index (χ4n) is 2.32. The molecule has 1 aromatic rings. The van der Waals surface area contributed by atoms with Gasteiger partial charge in [-0.1, -0.05) is 37.3 Å². The topological polar surface area (TPSA) is 55.1 Å². The number of nitrogens with one attached hydrogen (secondary N) is 1. The van der Waals surface area contributed by atoms with Crippen molar-refractivity contribution in [3.8, 4) is 0 Å². The van der Waals surface area contributed by atoms with E-state index in [4.69, 9.17) is 5.73 Å². The van der Waals surface area contributed by atoms with E-state index in [1.807, 2.05) is 18.2 Å². The first-order valence-corrected chi connectivity index (χ1v) is 7.24. The third-order valence-corrected chi connectivity index (χ3v) is 3.95. The number of rotatable bonds is 7. The monoisotopic (exact) mass is 260 g/mol. The molecule has 104 valence electrons. The van der Waals surface area contributed by atoms with Crippen LogP contribution in [0.15, 0.2) is 30.3 Å². The molecule has 1 amide bonds. The van der Waals surface area contributed by atoms with Crippen LogP contribution in [0.25, 0.3) is 0 Å².